The van der Waals surface area contributed by atoms with Crippen molar-refractivity contribution >= 4 is 118 Å². The molecule has 150 heavy (non-hydrogen) atoms. The predicted molar refractivity (Wildman–Crippen MR) is 577 cm³/mol. The summed E-state index contributed by atoms with van der Waals surface area (Å²) in [5.41, 5.74) is -5.50. The van der Waals surface area contributed by atoms with Crippen molar-refractivity contribution in [2.45, 2.75) is 464 Å². The third-order valence-electron chi connectivity index (χ3n) is 36.6. The molecule has 14 aliphatic rings. The van der Waals surface area contributed by atoms with Gasteiger partial charge in [-0.2, -0.15) is 0 Å². The third-order valence-corrected chi connectivity index (χ3v) is 45.0. The number of nitrogens with one attached hydrogen (secondary N) is 9. The molecule has 0 aromatic heterocycles. The van der Waals surface area contributed by atoms with Gasteiger partial charge in [-0.25, -0.2) is 39.6 Å². The van der Waals surface area contributed by atoms with Gasteiger partial charge in [0, 0.05) is 75.3 Å². The molecule has 15 atom stereocenters. The van der Waals surface area contributed by atoms with Gasteiger partial charge in [-0.3, -0.25) is 57.5 Å². The maximum absolute atomic E-state index is 14.5. The summed E-state index contributed by atoms with van der Waals surface area (Å²) in [6.07, 6.45) is 25.8. The number of Topliss-reactive ketones (excluding diaryl/α,β-unsaturated/α-hetero) is 6. The van der Waals surface area contributed by atoms with Crippen molar-refractivity contribution < 1.29 is 97.2 Å². The van der Waals surface area contributed by atoms with E-state index < -0.39 is 184 Å². The normalized spacial score (nSPS) is 26.5. The molecular weight excluding hydrogens is 1970 g/mol. The van der Waals surface area contributed by atoms with Crippen molar-refractivity contribution in [3.63, 3.8) is 0 Å². The molecule has 14 rings (SSSR count). The fraction of sp³-hybridized carbons (Fsp3) is 0.851. The number of urea groups is 3. The van der Waals surface area contributed by atoms with Gasteiger partial charge in [0.05, 0.1) is 66.2 Å². The average molecular weight is 2160 g/mol. The third kappa shape index (κ3) is 29.4. The first kappa shape index (κ1) is 121. The zero-order chi connectivity index (χ0) is 112. The zero-order valence-corrected chi connectivity index (χ0v) is 97.4. The Balaban J connectivity index is 0.000000199. The summed E-state index contributed by atoms with van der Waals surface area (Å²) in [6.45, 7) is 49.1. The van der Waals surface area contributed by atoms with Crippen LogP contribution in [-0.2, 0) is 87.0 Å². The van der Waals surface area contributed by atoms with E-state index in [1.807, 2.05) is 62.3 Å². The van der Waals surface area contributed by atoms with E-state index in [4.69, 9.17) is 0 Å². The molecule has 3 aliphatic heterocycles. The first-order valence-electron chi connectivity index (χ1n) is 56.7. The number of hydrogen-bond acceptors (Lipinski definition) is 21. The molecule has 11 saturated carbocycles. The van der Waals surface area contributed by atoms with Crippen LogP contribution in [0.15, 0.2) is 12.7 Å². The maximum Gasteiger partial charge on any atom is 0.315 e. The highest BCUT2D eigenvalue weighted by Gasteiger charge is 2.73. The highest BCUT2D eigenvalue weighted by Crippen LogP contribution is 2.68. The molecule has 0 bridgehead atoms. The fourth-order valence-electron chi connectivity index (χ4n) is 25.0. The van der Waals surface area contributed by atoms with Gasteiger partial charge in [-0.1, -0.05) is 206 Å². The summed E-state index contributed by atoms with van der Waals surface area (Å²) < 4.78 is 77.0. The summed E-state index contributed by atoms with van der Waals surface area (Å²) in [4.78, 5) is 211. The van der Waals surface area contributed by atoms with Gasteiger partial charge in [-0.15, -0.1) is 6.58 Å². The van der Waals surface area contributed by atoms with Crippen LogP contribution < -0.4 is 47.9 Å². The lowest BCUT2D eigenvalue weighted by atomic mass is 9.83. The van der Waals surface area contributed by atoms with Crippen molar-refractivity contribution in [3.8, 4) is 0 Å². The van der Waals surface area contributed by atoms with Gasteiger partial charge in [-0.05, 0) is 251 Å². The number of carbonyl (C=O) groups excluding carboxylic acids is 15. The number of likely N-dealkylation sites (tertiary alicyclic amines) is 3. The molecule has 0 aromatic carbocycles. The molecule has 846 valence electrons. The standard InChI is InChI=1S/3C38H62N4O7S/c2*1-35(2,3)31(40-34(47)41-38(18-10-9-11-19-38)22-50(48,49)36(4,5)6)33(46)42-21-26-28(37(26,7)8)29(42)27(43)20-24(15-14-23-12-13-23)30(44)32(45)39-25-16-17-25;1-10-20-39-32(45)30(44)25(17-16-24-14-15-24)21-27(43)29-28-26(37(28,8)9)22-42(29)33(46)31(35(2,3)4)40-34(47)41-38(18-12-11-13-19-38)23-50(48,49)36(5,6)7/h2*23-26,28-29,31H,9-22H2,1-8H3,(H,39,45)(H2,40,41,47);10,24-26,28-29,31H,1,11-23H2,2-9H3,(H,39,45)(H2,40,41,47)/t24-,26+,28+,29-,31-;24-,26-,28-,29+,31+;25-,26+,28+,29-,31-/m101/s1. The number of rotatable bonds is 43. The van der Waals surface area contributed by atoms with E-state index in [-0.39, 0.29) is 142 Å². The van der Waals surface area contributed by atoms with Crippen LogP contribution in [0, 0.1) is 104 Å². The van der Waals surface area contributed by atoms with E-state index in [1.165, 1.54) is 6.08 Å². The van der Waals surface area contributed by atoms with E-state index in [0.717, 1.165) is 141 Å². The van der Waals surface area contributed by atoms with Crippen molar-refractivity contribution in [3.05, 3.63) is 12.7 Å². The van der Waals surface area contributed by atoms with Gasteiger partial charge in [0.1, 0.15) is 18.1 Å². The Bertz CT molecular complexity index is 5190. The second kappa shape index (κ2) is 45.4. The van der Waals surface area contributed by atoms with Gasteiger partial charge < -0.3 is 62.6 Å². The minimum atomic E-state index is -3.56. The van der Waals surface area contributed by atoms with Crippen LogP contribution in [0.1, 0.15) is 384 Å². The fourth-order valence-corrected chi connectivity index (χ4v) is 29.6. The first-order valence-corrected chi connectivity index (χ1v) is 61.7. The Morgan fingerprint density at radius 1 is 0.340 bits per heavy atom. The molecule has 0 unspecified atom stereocenters. The molecule has 11 aliphatic carbocycles. The lowest BCUT2D eigenvalue weighted by molar-refractivity contribution is -0.145. The smallest absolute Gasteiger partial charge is 0.315 e. The summed E-state index contributed by atoms with van der Waals surface area (Å²) in [5.74, 6) is -6.43. The van der Waals surface area contributed by atoms with E-state index in [1.54, 1.807) is 77.0 Å². The average Bonchev–Trinajstić information content (AvgIpc) is 1.53. The first-order chi connectivity index (χ1) is 69.2. The second-order valence-corrected chi connectivity index (χ2v) is 64.5. The molecule has 3 heterocycles. The predicted octanol–water partition coefficient (Wildman–Crippen LogP) is 14.2. The van der Waals surface area contributed by atoms with Crippen LogP contribution >= 0.6 is 0 Å². The van der Waals surface area contributed by atoms with Crippen molar-refractivity contribution in [2.24, 2.45) is 104 Å². The van der Waals surface area contributed by atoms with Gasteiger partial charge in [0.25, 0.3) is 17.7 Å². The molecule has 0 radical (unpaired) electrons. The molecule has 33 nitrogen and oxygen atoms in total. The molecule has 0 spiro atoms. The zero-order valence-electron chi connectivity index (χ0n) is 95.0. The SMILES string of the molecule is C=CCNC(=O)C(=O)[C@H](CCC1CC1)CC(=O)[C@@H]1[C@@H]2[C@H](CN1C(=O)[C@@H](NC(=O)NC1(CS(=O)(=O)C(C)(C)C)CCCCC1)C(C)(C)C)C2(C)C.CC(C)(C)[C@H](NC(=O)NC1(CS(=O)(=O)C(C)(C)C)CCCCC1)C(=O)N1C[C@H]2[C@@H]([C@H]1C(=O)C[C@@H](CCC1CC1)C(=O)C(=O)NC1CC1)C2(C)C.CC(C)(C)[C@H](NC(=O)NC1(CS(=O)(=O)C(C)(C)C)CCCCC1)C(=O)N1C[C@H]2[C@@H]([C@H]1C(=O)C[C@H](CCC1CC1)C(=O)C(=O)NC1CC1)C2(C)C. The lowest BCUT2D eigenvalue weighted by Crippen LogP contribution is -2.63. The monoisotopic (exact) mass is 2160 g/mol. The topological polar surface area (TPSA) is 476 Å². The number of amides is 12. The number of carbonyl (C=O) groups is 15. The Labute approximate surface area is 895 Å². The molecule has 14 fully saturated rings. The maximum atomic E-state index is 14.5. The minimum absolute atomic E-state index is 0.0390. The van der Waals surface area contributed by atoms with Gasteiger partial charge in [0.15, 0.2) is 46.9 Å². The van der Waals surface area contributed by atoms with Crippen LogP contribution in [0.25, 0.3) is 0 Å². The number of ketones is 6. The highest BCUT2D eigenvalue weighted by atomic mass is 32.2. The summed E-state index contributed by atoms with van der Waals surface area (Å²) in [6, 6.07) is -6.97. The molecule has 12 amide bonds. The molecule has 9 N–H and O–H groups in total. The largest absolute Gasteiger partial charge is 0.347 e. The van der Waals surface area contributed by atoms with E-state index >= 15 is 0 Å². The second-order valence-electron chi connectivity index (χ2n) is 56.2. The summed E-state index contributed by atoms with van der Waals surface area (Å²) in [5, 5.41) is 26.0. The number of sulfone groups is 3. The quantitative estimate of drug-likeness (QED) is 0.0202. The van der Waals surface area contributed by atoms with Crippen LogP contribution in [0.2, 0.25) is 0 Å². The Morgan fingerprint density at radius 3 is 0.780 bits per heavy atom. The number of piperidine rings is 3. The van der Waals surface area contributed by atoms with Crippen LogP contribution in [-0.4, -0.2) is 251 Å². The molecule has 0 aromatic rings. The molecule has 3 saturated heterocycles. The number of fused-ring (bicyclic) bond motifs is 3. The molecular formula is C114H186N12O21S3. The van der Waals surface area contributed by atoms with Crippen molar-refractivity contribution in [2.75, 3.05) is 43.4 Å². The molecule has 36 heteroatoms. The van der Waals surface area contributed by atoms with E-state index in [2.05, 4.69) is 96.0 Å². The van der Waals surface area contributed by atoms with Gasteiger partial charge >= 0.3 is 18.1 Å². The van der Waals surface area contributed by atoms with Gasteiger partial charge in [0.2, 0.25) is 35.1 Å². The summed E-state index contributed by atoms with van der Waals surface area (Å²) >= 11 is 0. The number of hydrogen-bond donors (Lipinski definition) is 9. The van der Waals surface area contributed by atoms with E-state index in [9.17, 15) is 97.2 Å². The van der Waals surface area contributed by atoms with Crippen LogP contribution in [0.3, 0.4) is 0 Å². The Morgan fingerprint density at radius 2 is 0.573 bits per heavy atom. The van der Waals surface area contributed by atoms with Crippen molar-refractivity contribution in [1.82, 2.24) is 62.6 Å². The number of nitrogens with zero attached hydrogens (tertiary/aromatic N) is 3. The van der Waals surface area contributed by atoms with E-state index in [0.29, 0.717) is 95.2 Å². The summed E-state index contributed by atoms with van der Waals surface area (Å²) in [7, 11) is -10.7. The lowest BCUT2D eigenvalue weighted by Gasteiger charge is -2.41. The van der Waals surface area contributed by atoms with Crippen molar-refractivity contribution in [1.29, 1.82) is 0 Å². The van der Waals surface area contributed by atoms with Crippen LogP contribution in [0.5, 0.6) is 0 Å². The minimum Gasteiger partial charge on any atom is -0.347 e. The van der Waals surface area contributed by atoms with Crippen LogP contribution in [0.4, 0.5) is 14.4 Å². The Hall–Kier alpha value is -7.76. The highest BCUT2D eigenvalue weighted by molar-refractivity contribution is 7.93. The Kier molecular flexibility index (Phi) is 36.6.